The van der Waals surface area contributed by atoms with Gasteiger partial charge in [0.15, 0.2) is 5.60 Å². The highest BCUT2D eigenvalue weighted by atomic mass is 19.1. The summed E-state index contributed by atoms with van der Waals surface area (Å²) in [6.45, 7) is 1.36. The van der Waals surface area contributed by atoms with Gasteiger partial charge in [0.2, 0.25) is 0 Å². The fourth-order valence-corrected chi connectivity index (χ4v) is 3.56. The van der Waals surface area contributed by atoms with Crippen molar-refractivity contribution in [2.45, 2.75) is 31.5 Å². The Labute approximate surface area is 158 Å². The number of furan rings is 1. The van der Waals surface area contributed by atoms with Crippen LogP contribution in [0.15, 0.2) is 41.2 Å². The van der Waals surface area contributed by atoms with Gasteiger partial charge in [-0.25, -0.2) is 4.39 Å². The molecule has 1 fully saturated rings. The fraction of sp³-hybridized carbons (Fsp3) is 0.450. The van der Waals surface area contributed by atoms with Crippen LogP contribution in [-0.4, -0.2) is 53.7 Å². The van der Waals surface area contributed by atoms with Crippen LogP contribution in [0.4, 0.5) is 4.39 Å². The zero-order valence-corrected chi connectivity index (χ0v) is 15.7. The van der Waals surface area contributed by atoms with E-state index in [4.69, 9.17) is 9.15 Å². The highest BCUT2D eigenvalue weighted by Gasteiger charge is 2.43. The number of hydrogen-bond acceptors (Lipinski definition) is 5. The summed E-state index contributed by atoms with van der Waals surface area (Å²) in [4.78, 5) is 16.3. The molecule has 6 nitrogen and oxygen atoms in total. The molecular weight excluding hydrogens is 351 g/mol. The maximum absolute atomic E-state index is 14.1. The van der Waals surface area contributed by atoms with Crippen LogP contribution < -0.4 is 4.74 Å². The highest BCUT2D eigenvalue weighted by molar-refractivity contribution is 5.86. The van der Waals surface area contributed by atoms with E-state index in [9.17, 15) is 14.3 Å². The van der Waals surface area contributed by atoms with Gasteiger partial charge in [0.05, 0.1) is 19.6 Å². The molecule has 1 atom stereocenters. The average molecular weight is 376 g/mol. The molecule has 1 saturated heterocycles. The van der Waals surface area contributed by atoms with Gasteiger partial charge in [-0.05, 0) is 44.2 Å². The Hall–Kier alpha value is -2.38. The van der Waals surface area contributed by atoms with Crippen LogP contribution in [0.5, 0.6) is 5.75 Å². The van der Waals surface area contributed by atoms with E-state index in [2.05, 4.69) is 0 Å². The van der Waals surface area contributed by atoms with Crippen molar-refractivity contribution in [2.75, 3.05) is 27.2 Å². The molecule has 0 bridgehead atoms. The number of likely N-dealkylation sites (tertiary alicyclic amines) is 1. The number of likely N-dealkylation sites (N-methyl/N-ethyl adjacent to an activating group) is 1. The van der Waals surface area contributed by atoms with Gasteiger partial charge >= 0.3 is 0 Å². The Morgan fingerprint density at radius 1 is 1.41 bits per heavy atom. The zero-order valence-electron chi connectivity index (χ0n) is 15.7. The van der Waals surface area contributed by atoms with Crippen LogP contribution in [0, 0.1) is 5.82 Å². The molecule has 1 aromatic heterocycles. The number of carbonyl (C=O) groups excluding carboxylic acids is 1. The Bertz CT molecular complexity index is 780. The van der Waals surface area contributed by atoms with Crippen molar-refractivity contribution in [3.63, 3.8) is 0 Å². The second-order valence-electron chi connectivity index (χ2n) is 7.12. The van der Waals surface area contributed by atoms with Crippen LogP contribution >= 0.6 is 0 Å². The summed E-state index contributed by atoms with van der Waals surface area (Å²) in [5.74, 6) is -0.226. The minimum atomic E-state index is -1.48. The lowest BCUT2D eigenvalue weighted by Crippen LogP contribution is -2.57. The third-order valence-electron chi connectivity index (χ3n) is 4.88. The molecule has 0 saturated carbocycles. The summed E-state index contributed by atoms with van der Waals surface area (Å²) < 4.78 is 24.3. The van der Waals surface area contributed by atoms with Crippen molar-refractivity contribution in [3.05, 3.63) is 53.7 Å². The van der Waals surface area contributed by atoms with Crippen LogP contribution in [0.2, 0.25) is 0 Å². The summed E-state index contributed by atoms with van der Waals surface area (Å²) in [6.07, 6.45) is 4.28. The molecule has 27 heavy (non-hydrogen) atoms. The third-order valence-corrected chi connectivity index (χ3v) is 4.88. The number of carbonyl (C=O) groups is 1. The Morgan fingerprint density at radius 3 is 2.93 bits per heavy atom. The molecule has 0 radical (unpaired) electrons. The van der Waals surface area contributed by atoms with E-state index in [1.54, 1.807) is 18.6 Å². The lowest BCUT2D eigenvalue weighted by molar-refractivity contribution is -0.160. The summed E-state index contributed by atoms with van der Waals surface area (Å²) in [7, 11) is 3.36. The van der Waals surface area contributed by atoms with Crippen molar-refractivity contribution in [2.24, 2.45) is 0 Å². The van der Waals surface area contributed by atoms with Crippen molar-refractivity contribution in [1.29, 1.82) is 0 Å². The van der Waals surface area contributed by atoms with Gasteiger partial charge in [-0.15, -0.1) is 0 Å². The topological polar surface area (TPSA) is 66.2 Å². The van der Waals surface area contributed by atoms with E-state index in [0.29, 0.717) is 37.2 Å². The van der Waals surface area contributed by atoms with E-state index in [0.717, 1.165) is 5.56 Å². The number of rotatable bonds is 7. The van der Waals surface area contributed by atoms with Gasteiger partial charge in [-0.2, -0.15) is 0 Å². The maximum atomic E-state index is 14.1. The molecule has 0 unspecified atom stereocenters. The first-order valence-electron chi connectivity index (χ1n) is 8.95. The summed E-state index contributed by atoms with van der Waals surface area (Å²) >= 11 is 0. The number of nitrogens with zero attached hydrogens (tertiary/aromatic N) is 2. The largest absolute Gasteiger partial charge is 0.497 e. The van der Waals surface area contributed by atoms with Crippen LogP contribution in [0.1, 0.15) is 24.0 Å². The fourth-order valence-electron chi connectivity index (χ4n) is 3.56. The molecule has 2 aromatic rings. The molecule has 2 heterocycles. The average Bonchev–Trinajstić information content (AvgIpc) is 3.13. The first-order valence-corrected chi connectivity index (χ1v) is 8.95. The lowest BCUT2D eigenvalue weighted by Gasteiger charge is -2.40. The van der Waals surface area contributed by atoms with Crippen LogP contribution in [-0.2, 0) is 17.9 Å². The molecule has 1 amide bonds. The first-order chi connectivity index (χ1) is 12.9. The van der Waals surface area contributed by atoms with E-state index >= 15 is 0 Å². The molecule has 3 rings (SSSR count). The number of aliphatic hydroxyl groups is 1. The van der Waals surface area contributed by atoms with Crippen molar-refractivity contribution in [3.8, 4) is 5.75 Å². The van der Waals surface area contributed by atoms with E-state index in [1.165, 1.54) is 24.1 Å². The number of ether oxygens (including phenoxy) is 1. The summed E-state index contributed by atoms with van der Waals surface area (Å²) in [5, 5.41) is 11.0. The molecule has 146 valence electrons. The van der Waals surface area contributed by atoms with E-state index < -0.39 is 11.4 Å². The molecule has 0 spiro atoms. The smallest absolute Gasteiger partial charge is 0.256 e. The van der Waals surface area contributed by atoms with Crippen molar-refractivity contribution >= 4 is 5.91 Å². The second-order valence-corrected chi connectivity index (χ2v) is 7.12. The van der Waals surface area contributed by atoms with Gasteiger partial charge < -0.3 is 19.2 Å². The van der Waals surface area contributed by atoms with Gasteiger partial charge in [-0.1, -0.05) is 0 Å². The molecule has 0 aliphatic carbocycles. The number of piperidine rings is 1. The van der Waals surface area contributed by atoms with Gasteiger partial charge in [0.1, 0.15) is 11.6 Å². The normalized spacial score (nSPS) is 20.3. The minimum Gasteiger partial charge on any atom is -0.497 e. The SMILES string of the molecule is COc1ccc(F)c(CN2CCC[C@@](O)(CN(C)Cc3ccoc3)C2=O)c1. The predicted octanol–water partition coefficient (Wildman–Crippen LogP) is 2.41. The van der Waals surface area contributed by atoms with Crippen LogP contribution in [0.3, 0.4) is 0 Å². The molecule has 7 heteroatoms. The Kier molecular flexibility index (Phi) is 5.82. The van der Waals surface area contributed by atoms with Gasteiger partial charge in [0, 0.05) is 37.3 Å². The molecule has 1 aliphatic rings. The summed E-state index contributed by atoms with van der Waals surface area (Å²) in [6, 6.07) is 6.30. The molecule has 1 aliphatic heterocycles. The number of hydrogen-bond donors (Lipinski definition) is 1. The van der Waals surface area contributed by atoms with E-state index in [-0.39, 0.29) is 19.0 Å². The van der Waals surface area contributed by atoms with Crippen molar-refractivity contribution in [1.82, 2.24) is 9.80 Å². The number of benzene rings is 1. The maximum Gasteiger partial charge on any atom is 0.256 e. The number of methoxy groups -OCH3 is 1. The quantitative estimate of drug-likeness (QED) is 0.804. The Morgan fingerprint density at radius 2 is 2.22 bits per heavy atom. The number of amides is 1. The van der Waals surface area contributed by atoms with Crippen LogP contribution in [0.25, 0.3) is 0 Å². The molecular formula is C20H25FN2O4. The van der Waals surface area contributed by atoms with Gasteiger partial charge in [0.25, 0.3) is 5.91 Å². The zero-order chi connectivity index (χ0) is 19.4. The van der Waals surface area contributed by atoms with Gasteiger partial charge in [-0.3, -0.25) is 9.69 Å². The lowest BCUT2D eigenvalue weighted by atomic mass is 9.90. The Balaban J connectivity index is 1.69. The predicted molar refractivity (Wildman–Crippen MR) is 97.6 cm³/mol. The first kappa shape index (κ1) is 19.4. The highest BCUT2D eigenvalue weighted by Crippen LogP contribution is 2.27. The van der Waals surface area contributed by atoms with Crippen molar-refractivity contribution < 1.29 is 23.4 Å². The third kappa shape index (κ3) is 4.48. The molecule has 1 N–H and O–H groups in total. The summed E-state index contributed by atoms with van der Waals surface area (Å²) in [5.41, 5.74) is -0.134. The monoisotopic (exact) mass is 376 g/mol. The molecule has 1 aromatic carbocycles. The standard InChI is InChI=1S/C20H25FN2O4/c1-22(11-15-6-9-27-13-15)14-20(25)7-3-8-23(19(20)24)12-16-10-17(26-2)4-5-18(16)21/h4-6,9-10,13,25H,3,7-8,11-12,14H2,1-2H3/t20-/m1/s1. The van der Waals surface area contributed by atoms with E-state index in [1.807, 2.05) is 18.0 Å². The second kappa shape index (κ2) is 8.10. The number of halogens is 1. The minimum absolute atomic E-state index is 0.107.